The van der Waals surface area contributed by atoms with Crippen LogP contribution in [0.5, 0.6) is 0 Å². The van der Waals surface area contributed by atoms with Crippen LogP contribution in [0.3, 0.4) is 0 Å². The molecule has 0 aromatic heterocycles. The fraction of sp³-hybridized carbons (Fsp3) is 0.667. The zero-order valence-electron chi connectivity index (χ0n) is 15.6. The Hall–Kier alpha value is -1.76. The minimum absolute atomic E-state index is 0.00749. The van der Waals surface area contributed by atoms with Crippen molar-refractivity contribution in [2.45, 2.75) is 50.4 Å². The smallest absolute Gasteiger partial charge is 0.393 e. The highest BCUT2D eigenvalue weighted by atomic mass is 19.4. The van der Waals surface area contributed by atoms with E-state index in [0.717, 1.165) is 56.5 Å². The third kappa shape index (κ3) is 2.65. The first-order chi connectivity index (χ1) is 13.3. The molecule has 6 rings (SSSR count). The third-order valence-corrected chi connectivity index (χ3v) is 7.72. The highest BCUT2D eigenvalue weighted by Gasteiger charge is 2.70. The molecule has 1 aromatic rings. The van der Waals surface area contributed by atoms with Crippen LogP contribution >= 0.6 is 0 Å². The Morgan fingerprint density at radius 2 is 1.96 bits per heavy atom. The van der Waals surface area contributed by atoms with Gasteiger partial charge in [-0.25, -0.2) is 0 Å². The molecule has 1 aromatic carbocycles. The largest absolute Gasteiger partial charge is 0.416 e. The van der Waals surface area contributed by atoms with Crippen molar-refractivity contribution in [1.29, 1.82) is 0 Å². The number of aliphatic hydroxyl groups is 1. The summed E-state index contributed by atoms with van der Waals surface area (Å²) in [5.41, 5.74) is -0.276. The average molecular weight is 394 g/mol. The van der Waals surface area contributed by atoms with Gasteiger partial charge in [0.1, 0.15) is 0 Å². The predicted octanol–water partition coefficient (Wildman–Crippen LogP) is 3.20. The highest BCUT2D eigenvalue weighted by Crippen LogP contribution is 2.70. The summed E-state index contributed by atoms with van der Waals surface area (Å²) >= 11 is 0. The minimum atomic E-state index is -4.33. The van der Waals surface area contributed by atoms with Crippen molar-refractivity contribution < 1.29 is 23.1 Å². The van der Waals surface area contributed by atoms with Gasteiger partial charge in [0, 0.05) is 24.8 Å². The first-order valence-corrected chi connectivity index (χ1v) is 10.2. The molecule has 152 valence electrons. The van der Waals surface area contributed by atoms with Crippen LogP contribution in [-0.2, 0) is 11.0 Å². The Labute approximate surface area is 162 Å². The molecule has 0 spiro atoms. The molecule has 5 aliphatic rings. The van der Waals surface area contributed by atoms with E-state index in [-0.39, 0.29) is 29.4 Å². The first-order valence-electron chi connectivity index (χ1n) is 10.2. The number of alkyl halides is 3. The van der Waals surface area contributed by atoms with Gasteiger partial charge in [-0.3, -0.25) is 4.79 Å². The molecule has 6 atom stereocenters. The molecule has 4 bridgehead atoms. The normalized spacial score (nSPS) is 39.0. The number of carbonyl (C=O) groups is 1. The number of amides is 1. The number of nitrogens with one attached hydrogen (secondary N) is 1. The summed E-state index contributed by atoms with van der Waals surface area (Å²) in [6.07, 6.45) is -0.205. The first kappa shape index (κ1) is 18.3. The van der Waals surface area contributed by atoms with Gasteiger partial charge >= 0.3 is 6.18 Å². The predicted molar refractivity (Wildman–Crippen MR) is 97.6 cm³/mol. The lowest BCUT2D eigenvalue weighted by atomic mass is 9.79. The summed E-state index contributed by atoms with van der Waals surface area (Å²) in [4.78, 5) is 15.2. The second-order valence-electron chi connectivity index (χ2n) is 9.12. The lowest BCUT2D eigenvalue weighted by molar-refractivity contribution is -0.137. The second-order valence-corrected chi connectivity index (χ2v) is 9.12. The summed E-state index contributed by atoms with van der Waals surface area (Å²) < 4.78 is 38.3. The van der Waals surface area contributed by atoms with Crippen LogP contribution in [0.25, 0.3) is 0 Å². The number of benzene rings is 1. The molecule has 1 saturated heterocycles. The zero-order chi connectivity index (χ0) is 19.7. The van der Waals surface area contributed by atoms with Crippen LogP contribution in [0.2, 0.25) is 0 Å². The molecular formula is C21H25F3N2O2. The molecule has 4 aliphatic carbocycles. The number of aliphatic hydroxyl groups excluding tert-OH is 1. The maximum absolute atomic E-state index is 13.1. The zero-order valence-corrected chi connectivity index (χ0v) is 15.6. The number of piperidine rings is 1. The number of hydrogen-bond donors (Lipinski definition) is 2. The van der Waals surface area contributed by atoms with Crippen molar-refractivity contribution in [2.75, 3.05) is 18.0 Å². The summed E-state index contributed by atoms with van der Waals surface area (Å²) in [6, 6.07) is 5.24. The van der Waals surface area contributed by atoms with E-state index in [2.05, 4.69) is 5.32 Å². The summed E-state index contributed by atoms with van der Waals surface area (Å²) in [6.45, 7) is 1.38. The van der Waals surface area contributed by atoms with Crippen molar-refractivity contribution in [3.05, 3.63) is 29.8 Å². The van der Waals surface area contributed by atoms with Gasteiger partial charge in [-0.05, 0) is 74.1 Å². The van der Waals surface area contributed by atoms with E-state index in [9.17, 15) is 23.1 Å². The Balaban J connectivity index is 1.25. The van der Waals surface area contributed by atoms with E-state index < -0.39 is 11.7 Å². The molecule has 5 fully saturated rings. The van der Waals surface area contributed by atoms with Gasteiger partial charge in [-0.15, -0.1) is 0 Å². The molecule has 5 unspecified atom stereocenters. The summed E-state index contributed by atoms with van der Waals surface area (Å²) in [5.74, 6) is 0.988. The summed E-state index contributed by atoms with van der Waals surface area (Å²) in [7, 11) is 0. The quantitative estimate of drug-likeness (QED) is 0.828. The number of carbonyl (C=O) groups excluding carboxylic acids is 1. The van der Waals surface area contributed by atoms with Crippen LogP contribution < -0.4 is 10.2 Å². The van der Waals surface area contributed by atoms with E-state index in [1.807, 2.05) is 4.90 Å². The van der Waals surface area contributed by atoms with Gasteiger partial charge in [0.25, 0.3) is 0 Å². The standard InChI is InChI=1S/C21H25F3N2O2/c22-21(23,24)13-3-5-15(6-4-13)26-7-1-2-14(11-26)25-19(28)20-9-12-8-17(20)18(27)16(12)10-20/h3-6,12,14,16-18,27H,1-2,7-11H2,(H,25,28)/t12?,14-,16?,17?,18?,20?/m0/s1. The van der Waals surface area contributed by atoms with Crippen LogP contribution in [0.15, 0.2) is 24.3 Å². The lowest BCUT2D eigenvalue weighted by Gasteiger charge is -2.37. The van der Waals surface area contributed by atoms with Crippen molar-refractivity contribution >= 4 is 11.6 Å². The van der Waals surface area contributed by atoms with Crippen molar-refractivity contribution in [3.8, 4) is 0 Å². The monoisotopic (exact) mass is 394 g/mol. The Kier molecular flexibility index (Phi) is 3.99. The number of anilines is 1. The molecule has 4 nitrogen and oxygen atoms in total. The van der Waals surface area contributed by atoms with Gasteiger partial charge in [-0.1, -0.05) is 0 Å². The van der Waals surface area contributed by atoms with Crippen LogP contribution in [0.1, 0.15) is 37.7 Å². The number of rotatable bonds is 3. The molecule has 28 heavy (non-hydrogen) atoms. The number of halogens is 3. The SMILES string of the molecule is O=C(N[C@H]1CCCN(c2ccc(C(F)(F)F)cc2)C1)C12CC3CC1C(O)C3C2. The van der Waals surface area contributed by atoms with Crippen molar-refractivity contribution in [1.82, 2.24) is 5.32 Å². The van der Waals surface area contributed by atoms with Crippen molar-refractivity contribution in [3.63, 3.8) is 0 Å². The molecule has 4 saturated carbocycles. The highest BCUT2D eigenvalue weighted by molar-refractivity contribution is 5.85. The molecule has 1 aliphatic heterocycles. The molecule has 0 radical (unpaired) electrons. The molecule has 7 heteroatoms. The van der Waals surface area contributed by atoms with Crippen LogP contribution in [0, 0.1) is 23.2 Å². The molecular weight excluding hydrogens is 369 g/mol. The van der Waals surface area contributed by atoms with Gasteiger partial charge in [0.15, 0.2) is 0 Å². The second kappa shape index (κ2) is 6.12. The van der Waals surface area contributed by atoms with Crippen LogP contribution in [-0.4, -0.2) is 36.2 Å². The van der Waals surface area contributed by atoms with Gasteiger partial charge in [0.05, 0.1) is 17.1 Å². The van der Waals surface area contributed by atoms with Crippen molar-refractivity contribution in [2.24, 2.45) is 23.2 Å². The number of nitrogens with zero attached hydrogens (tertiary/aromatic N) is 1. The Bertz CT molecular complexity index is 779. The molecule has 1 heterocycles. The summed E-state index contributed by atoms with van der Waals surface area (Å²) in [5, 5.41) is 13.6. The van der Waals surface area contributed by atoms with Gasteiger partial charge in [0.2, 0.25) is 5.91 Å². The van der Waals surface area contributed by atoms with E-state index in [0.29, 0.717) is 18.4 Å². The van der Waals surface area contributed by atoms with E-state index in [1.54, 1.807) is 0 Å². The molecule has 1 amide bonds. The lowest BCUT2D eigenvalue weighted by Crippen LogP contribution is -2.52. The Morgan fingerprint density at radius 3 is 2.54 bits per heavy atom. The fourth-order valence-corrected chi connectivity index (χ4v) is 6.44. The van der Waals surface area contributed by atoms with E-state index in [4.69, 9.17) is 0 Å². The fourth-order valence-electron chi connectivity index (χ4n) is 6.44. The molecule has 2 N–H and O–H groups in total. The topological polar surface area (TPSA) is 52.6 Å². The minimum Gasteiger partial charge on any atom is -0.393 e. The van der Waals surface area contributed by atoms with Gasteiger partial charge in [-0.2, -0.15) is 13.2 Å². The Morgan fingerprint density at radius 1 is 1.21 bits per heavy atom. The van der Waals surface area contributed by atoms with Gasteiger partial charge < -0.3 is 15.3 Å². The number of hydrogen-bond acceptors (Lipinski definition) is 3. The average Bonchev–Trinajstić information content (AvgIpc) is 3.38. The van der Waals surface area contributed by atoms with E-state index >= 15 is 0 Å². The van der Waals surface area contributed by atoms with E-state index in [1.165, 1.54) is 12.1 Å². The maximum Gasteiger partial charge on any atom is 0.416 e. The van der Waals surface area contributed by atoms with Crippen LogP contribution in [0.4, 0.5) is 18.9 Å². The maximum atomic E-state index is 13.1. The third-order valence-electron chi connectivity index (χ3n) is 7.72.